The van der Waals surface area contributed by atoms with Crippen LogP contribution in [0.15, 0.2) is 18.2 Å². The van der Waals surface area contributed by atoms with Crippen molar-refractivity contribution in [2.24, 2.45) is 0 Å². The van der Waals surface area contributed by atoms with Crippen LogP contribution in [-0.2, 0) is 6.54 Å². The second-order valence-corrected chi connectivity index (χ2v) is 5.02. The average molecular weight is 227 g/mol. The van der Waals surface area contributed by atoms with E-state index in [2.05, 4.69) is 18.5 Å². The summed E-state index contributed by atoms with van der Waals surface area (Å²) in [7, 11) is 0. The zero-order chi connectivity index (χ0) is 11.3. The Bertz CT molecular complexity index is 314. The second kappa shape index (κ2) is 6.13. The van der Waals surface area contributed by atoms with E-state index in [0.717, 1.165) is 24.2 Å². The van der Waals surface area contributed by atoms with Crippen molar-refractivity contribution in [1.29, 1.82) is 0 Å². The van der Waals surface area contributed by atoms with E-state index in [-0.39, 0.29) is 5.82 Å². The van der Waals surface area contributed by atoms with Crippen LogP contribution in [0.4, 0.5) is 4.39 Å². The second-order valence-electron chi connectivity index (χ2n) is 3.75. The molecule has 1 aromatic rings. The molecule has 1 nitrogen and oxygen atoms in total. The van der Waals surface area contributed by atoms with Gasteiger partial charge in [0.1, 0.15) is 5.82 Å². The molecular weight excluding hydrogens is 209 g/mol. The Morgan fingerprint density at radius 1 is 1.47 bits per heavy atom. The van der Waals surface area contributed by atoms with Gasteiger partial charge in [-0.1, -0.05) is 13.0 Å². The molecule has 0 heterocycles. The number of hydrogen-bond acceptors (Lipinski definition) is 2. The van der Waals surface area contributed by atoms with E-state index in [1.165, 1.54) is 6.07 Å². The summed E-state index contributed by atoms with van der Waals surface area (Å²) in [6, 6.07) is 4.93. The monoisotopic (exact) mass is 227 g/mol. The van der Waals surface area contributed by atoms with Gasteiger partial charge in [-0.2, -0.15) is 11.8 Å². The first-order valence-corrected chi connectivity index (χ1v) is 6.41. The van der Waals surface area contributed by atoms with Gasteiger partial charge in [0.25, 0.3) is 0 Å². The molecule has 1 atom stereocenters. The summed E-state index contributed by atoms with van der Waals surface area (Å²) in [6.45, 7) is 5.89. The highest BCUT2D eigenvalue weighted by Gasteiger charge is 2.02. The minimum Gasteiger partial charge on any atom is -0.312 e. The maximum absolute atomic E-state index is 13.0. The summed E-state index contributed by atoms with van der Waals surface area (Å²) in [6.07, 6.45) is 2.10. The van der Waals surface area contributed by atoms with Gasteiger partial charge in [0.15, 0.2) is 0 Å². The molecule has 0 radical (unpaired) electrons. The molecule has 0 saturated carbocycles. The van der Waals surface area contributed by atoms with Crippen molar-refractivity contribution in [1.82, 2.24) is 5.32 Å². The normalized spacial score (nSPS) is 12.8. The van der Waals surface area contributed by atoms with Gasteiger partial charge in [0, 0.05) is 18.3 Å². The highest BCUT2D eigenvalue weighted by atomic mass is 32.2. The van der Waals surface area contributed by atoms with Crippen LogP contribution in [0.3, 0.4) is 0 Å². The SMILES string of the molecule is CSC(C)CNCc1cc(F)ccc1C. The molecular formula is C12H18FNS. The van der Waals surface area contributed by atoms with Crippen molar-refractivity contribution in [3.8, 4) is 0 Å². The molecule has 0 aliphatic heterocycles. The van der Waals surface area contributed by atoms with E-state index in [9.17, 15) is 4.39 Å². The number of aryl methyl sites for hydroxylation is 1. The van der Waals surface area contributed by atoms with Crippen LogP contribution in [0.25, 0.3) is 0 Å². The van der Waals surface area contributed by atoms with Crippen LogP contribution in [0.1, 0.15) is 18.1 Å². The van der Waals surface area contributed by atoms with Crippen LogP contribution in [0, 0.1) is 12.7 Å². The van der Waals surface area contributed by atoms with E-state index in [1.54, 1.807) is 6.07 Å². The molecule has 1 unspecified atom stereocenters. The Morgan fingerprint density at radius 3 is 2.87 bits per heavy atom. The summed E-state index contributed by atoms with van der Waals surface area (Å²) < 4.78 is 13.0. The van der Waals surface area contributed by atoms with Crippen molar-refractivity contribution < 1.29 is 4.39 Å². The first-order valence-electron chi connectivity index (χ1n) is 5.12. The van der Waals surface area contributed by atoms with Crippen molar-refractivity contribution in [3.63, 3.8) is 0 Å². The molecule has 1 rings (SSSR count). The Hall–Kier alpha value is -0.540. The predicted molar refractivity (Wildman–Crippen MR) is 65.8 cm³/mol. The van der Waals surface area contributed by atoms with Gasteiger partial charge in [-0.05, 0) is 36.4 Å². The van der Waals surface area contributed by atoms with Crippen LogP contribution in [0.5, 0.6) is 0 Å². The molecule has 0 saturated heterocycles. The summed E-state index contributed by atoms with van der Waals surface area (Å²) in [4.78, 5) is 0. The lowest BCUT2D eigenvalue weighted by Crippen LogP contribution is -2.22. The molecule has 1 aromatic carbocycles. The number of halogens is 1. The van der Waals surface area contributed by atoms with Crippen molar-refractivity contribution in [2.75, 3.05) is 12.8 Å². The number of thioether (sulfide) groups is 1. The third-order valence-corrected chi connectivity index (χ3v) is 3.43. The molecule has 0 aliphatic carbocycles. The zero-order valence-electron chi connectivity index (χ0n) is 9.51. The Labute approximate surface area is 95.5 Å². The molecule has 0 amide bonds. The van der Waals surface area contributed by atoms with E-state index < -0.39 is 0 Å². The van der Waals surface area contributed by atoms with Gasteiger partial charge < -0.3 is 5.32 Å². The molecule has 84 valence electrons. The molecule has 0 fully saturated rings. The number of hydrogen-bond donors (Lipinski definition) is 1. The van der Waals surface area contributed by atoms with E-state index in [1.807, 2.05) is 24.8 Å². The maximum Gasteiger partial charge on any atom is 0.123 e. The van der Waals surface area contributed by atoms with Crippen molar-refractivity contribution >= 4 is 11.8 Å². The highest BCUT2D eigenvalue weighted by Crippen LogP contribution is 2.10. The predicted octanol–water partition coefficient (Wildman–Crippen LogP) is 2.98. The number of benzene rings is 1. The fourth-order valence-electron chi connectivity index (χ4n) is 1.32. The summed E-state index contributed by atoms with van der Waals surface area (Å²) >= 11 is 1.83. The standard InChI is InChI=1S/C12H18FNS/c1-9-4-5-12(13)6-11(9)8-14-7-10(2)15-3/h4-6,10,14H,7-8H2,1-3H3. The van der Waals surface area contributed by atoms with Gasteiger partial charge in [-0.25, -0.2) is 4.39 Å². The number of nitrogens with one attached hydrogen (secondary N) is 1. The minimum atomic E-state index is -0.157. The lowest BCUT2D eigenvalue weighted by Gasteiger charge is -2.11. The third kappa shape index (κ3) is 4.22. The van der Waals surface area contributed by atoms with Crippen molar-refractivity contribution in [2.45, 2.75) is 25.6 Å². The average Bonchev–Trinajstić information content (AvgIpc) is 2.23. The Kier molecular flexibility index (Phi) is 5.12. The van der Waals surface area contributed by atoms with Gasteiger partial charge in [-0.15, -0.1) is 0 Å². The largest absolute Gasteiger partial charge is 0.312 e. The van der Waals surface area contributed by atoms with Crippen LogP contribution in [0.2, 0.25) is 0 Å². The van der Waals surface area contributed by atoms with Crippen LogP contribution in [-0.4, -0.2) is 18.1 Å². The highest BCUT2D eigenvalue weighted by molar-refractivity contribution is 7.99. The van der Waals surface area contributed by atoms with Crippen LogP contribution >= 0.6 is 11.8 Å². The maximum atomic E-state index is 13.0. The van der Waals surface area contributed by atoms with E-state index in [0.29, 0.717) is 5.25 Å². The van der Waals surface area contributed by atoms with E-state index in [4.69, 9.17) is 0 Å². The van der Waals surface area contributed by atoms with Crippen LogP contribution < -0.4 is 5.32 Å². The quantitative estimate of drug-likeness (QED) is 0.830. The first-order chi connectivity index (χ1) is 7.13. The van der Waals surface area contributed by atoms with Gasteiger partial charge >= 0.3 is 0 Å². The fourth-order valence-corrected chi connectivity index (χ4v) is 1.61. The lowest BCUT2D eigenvalue weighted by atomic mass is 10.1. The summed E-state index contributed by atoms with van der Waals surface area (Å²) in [5, 5.41) is 3.93. The summed E-state index contributed by atoms with van der Waals surface area (Å²) in [5.74, 6) is -0.157. The zero-order valence-corrected chi connectivity index (χ0v) is 10.3. The number of rotatable bonds is 5. The smallest absolute Gasteiger partial charge is 0.123 e. The lowest BCUT2D eigenvalue weighted by molar-refractivity contribution is 0.619. The molecule has 3 heteroatoms. The fraction of sp³-hybridized carbons (Fsp3) is 0.500. The minimum absolute atomic E-state index is 0.157. The van der Waals surface area contributed by atoms with Gasteiger partial charge in [0.05, 0.1) is 0 Å². The van der Waals surface area contributed by atoms with Gasteiger partial charge in [0.2, 0.25) is 0 Å². The van der Waals surface area contributed by atoms with Crippen molar-refractivity contribution in [3.05, 3.63) is 35.1 Å². The van der Waals surface area contributed by atoms with Gasteiger partial charge in [-0.3, -0.25) is 0 Å². The molecule has 0 spiro atoms. The first kappa shape index (κ1) is 12.5. The Morgan fingerprint density at radius 2 is 2.20 bits per heavy atom. The molecule has 0 aromatic heterocycles. The Balaban J connectivity index is 2.46. The van der Waals surface area contributed by atoms with E-state index >= 15 is 0 Å². The molecule has 0 aliphatic rings. The molecule has 0 bridgehead atoms. The summed E-state index contributed by atoms with van der Waals surface area (Å²) in [5.41, 5.74) is 2.18. The third-order valence-electron chi connectivity index (χ3n) is 2.46. The topological polar surface area (TPSA) is 12.0 Å². The molecule has 1 N–H and O–H groups in total. The molecule has 15 heavy (non-hydrogen) atoms.